The third-order valence-electron chi connectivity index (χ3n) is 5.41. The SMILES string of the molecule is O=C1N[C@H](Cc2c[nH]c3ccccc23)C(=O)N1Cc1cc(Cl)c2c(c1)OCCCO2. The second-order valence-corrected chi connectivity index (χ2v) is 7.85. The van der Waals surface area contributed by atoms with Gasteiger partial charge in [0.05, 0.1) is 24.8 Å². The monoisotopic (exact) mass is 425 g/mol. The molecule has 2 N–H and O–H groups in total. The molecule has 7 nitrogen and oxygen atoms in total. The first kappa shape index (κ1) is 18.8. The van der Waals surface area contributed by atoms with Crippen LogP contribution in [0.25, 0.3) is 10.9 Å². The number of fused-ring (bicyclic) bond motifs is 2. The van der Waals surface area contributed by atoms with Crippen LogP contribution in [0.4, 0.5) is 4.79 Å². The molecule has 2 aliphatic heterocycles. The summed E-state index contributed by atoms with van der Waals surface area (Å²) in [5, 5.41) is 4.26. The van der Waals surface area contributed by atoms with Gasteiger partial charge in [-0.25, -0.2) is 4.79 Å². The molecular weight excluding hydrogens is 406 g/mol. The van der Waals surface area contributed by atoms with Crippen LogP contribution in [0.2, 0.25) is 5.02 Å². The smallest absolute Gasteiger partial charge is 0.325 e. The maximum Gasteiger partial charge on any atom is 0.325 e. The maximum atomic E-state index is 13.0. The van der Waals surface area contributed by atoms with E-state index in [9.17, 15) is 9.59 Å². The molecule has 1 aromatic heterocycles. The van der Waals surface area contributed by atoms with Crippen LogP contribution in [0.1, 0.15) is 17.5 Å². The third kappa shape index (κ3) is 3.35. The molecule has 0 radical (unpaired) electrons. The van der Waals surface area contributed by atoms with Gasteiger partial charge >= 0.3 is 6.03 Å². The zero-order valence-corrected chi connectivity index (χ0v) is 16.9. The van der Waals surface area contributed by atoms with Crippen LogP contribution in [0.3, 0.4) is 0 Å². The molecule has 0 unspecified atom stereocenters. The summed E-state index contributed by atoms with van der Waals surface area (Å²) >= 11 is 6.34. The molecule has 1 fully saturated rings. The van der Waals surface area contributed by atoms with E-state index >= 15 is 0 Å². The number of rotatable bonds is 4. The van der Waals surface area contributed by atoms with Gasteiger partial charge in [0, 0.05) is 29.9 Å². The second kappa shape index (κ2) is 7.57. The van der Waals surface area contributed by atoms with Gasteiger partial charge in [-0.3, -0.25) is 9.69 Å². The lowest BCUT2D eigenvalue weighted by Gasteiger charge is -2.16. The topological polar surface area (TPSA) is 83.7 Å². The summed E-state index contributed by atoms with van der Waals surface area (Å²) in [7, 11) is 0. The van der Waals surface area contributed by atoms with Gasteiger partial charge in [0.2, 0.25) is 0 Å². The maximum absolute atomic E-state index is 13.0. The highest BCUT2D eigenvalue weighted by Crippen LogP contribution is 2.38. The van der Waals surface area contributed by atoms with Crippen LogP contribution in [0.15, 0.2) is 42.6 Å². The molecule has 1 saturated heterocycles. The number of aromatic nitrogens is 1. The van der Waals surface area contributed by atoms with Crippen LogP contribution >= 0.6 is 11.6 Å². The first-order valence-corrected chi connectivity index (χ1v) is 10.2. The van der Waals surface area contributed by atoms with E-state index in [-0.39, 0.29) is 12.5 Å². The Morgan fingerprint density at radius 1 is 1.13 bits per heavy atom. The normalized spacial score (nSPS) is 18.6. The Labute approximate surface area is 177 Å². The van der Waals surface area contributed by atoms with Gasteiger partial charge in [-0.05, 0) is 29.3 Å². The molecule has 30 heavy (non-hydrogen) atoms. The van der Waals surface area contributed by atoms with Crippen molar-refractivity contribution in [2.24, 2.45) is 0 Å². The quantitative estimate of drug-likeness (QED) is 0.625. The van der Waals surface area contributed by atoms with Crippen molar-refractivity contribution in [3.05, 3.63) is 58.7 Å². The van der Waals surface area contributed by atoms with E-state index in [1.165, 1.54) is 4.90 Å². The summed E-state index contributed by atoms with van der Waals surface area (Å²) < 4.78 is 11.3. The third-order valence-corrected chi connectivity index (χ3v) is 5.69. The fourth-order valence-electron chi connectivity index (χ4n) is 3.94. The lowest BCUT2D eigenvalue weighted by Crippen LogP contribution is -2.32. The predicted octanol–water partition coefficient (Wildman–Crippen LogP) is 3.65. The van der Waals surface area contributed by atoms with Crippen molar-refractivity contribution in [3.8, 4) is 11.5 Å². The summed E-state index contributed by atoms with van der Waals surface area (Å²) in [6.45, 7) is 1.18. The van der Waals surface area contributed by atoms with Gasteiger partial charge in [0.25, 0.3) is 5.91 Å². The number of ether oxygens (including phenoxy) is 2. The highest BCUT2D eigenvalue weighted by atomic mass is 35.5. The van der Waals surface area contributed by atoms with E-state index in [1.54, 1.807) is 12.1 Å². The van der Waals surface area contributed by atoms with Crippen molar-refractivity contribution in [2.75, 3.05) is 13.2 Å². The Hall–Kier alpha value is -3.19. The molecule has 0 saturated carbocycles. The minimum Gasteiger partial charge on any atom is -0.489 e. The summed E-state index contributed by atoms with van der Waals surface area (Å²) in [5.74, 6) is 0.790. The highest BCUT2D eigenvalue weighted by molar-refractivity contribution is 6.32. The average molecular weight is 426 g/mol. The minimum atomic E-state index is -0.604. The van der Waals surface area contributed by atoms with Gasteiger partial charge in [0.15, 0.2) is 11.5 Å². The van der Waals surface area contributed by atoms with E-state index < -0.39 is 12.1 Å². The molecule has 2 aromatic carbocycles. The fraction of sp³-hybridized carbons (Fsp3) is 0.273. The number of carbonyl (C=O) groups is 2. The number of hydrogen-bond donors (Lipinski definition) is 2. The average Bonchev–Trinajstić information content (AvgIpc) is 3.13. The molecule has 8 heteroatoms. The minimum absolute atomic E-state index is 0.116. The van der Waals surface area contributed by atoms with Crippen LogP contribution < -0.4 is 14.8 Å². The Balaban J connectivity index is 1.35. The second-order valence-electron chi connectivity index (χ2n) is 7.45. The Morgan fingerprint density at radius 3 is 2.87 bits per heavy atom. The molecular formula is C22H20ClN3O4. The first-order chi connectivity index (χ1) is 14.6. The van der Waals surface area contributed by atoms with E-state index in [1.807, 2.05) is 30.5 Å². The zero-order chi connectivity index (χ0) is 20.7. The number of halogens is 1. The lowest BCUT2D eigenvalue weighted by atomic mass is 10.0. The molecule has 3 aromatic rings. The summed E-state index contributed by atoms with van der Waals surface area (Å²) in [5.41, 5.74) is 2.70. The van der Waals surface area contributed by atoms with Crippen molar-refractivity contribution in [1.82, 2.24) is 15.2 Å². The number of nitrogens with zero attached hydrogens (tertiary/aromatic N) is 1. The van der Waals surface area contributed by atoms with Crippen molar-refractivity contribution < 1.29 is 19.1 Å². The van der Waals surface area contributed by atoms with Gasteiger partial charge in [-0.2, -0.15) is 0 Å². The number of benzene rings is 2. The van der Waals surface area contributed by atoms with Crippen LogP contribution in [0, 0.1) is 0 Å². The zero-order valence-electron chi connectivity index (χ0n) is 16.1. The van der Waals surface area contributed by atoms with E-state index in [4.69, 9.17) is 21.1 Å². The standard InChI is InChI=1S/C22H20ClN3O4/c23-16-8-13(9-19-20(16)30-7-3-6-29-19)12-26-21(27)18(25-22(26)28)10-14-11-24-17-5-2-1-4-15(14)17/h1-2,4-5,8-9,11,18,24H,3,6-7,10,12H2,(H,25,28)/t18-/m1/s1. The number of urea groups is 1. The summed E-state index contributed by atoms with van der Waals surface area (Å²) in [4.78, 5) is 29.9. The molecule has 0 bridgehead atoms. The molecule has 1 atom stereocenters. The lowest BCUT2D eigenvalue weighted by molar-refractivity contribution is -0.127. The van der Waals surface area contributed by atoms with Gasteiger partial charge in [-0.1, -0.05) is 29.8 Å². The summed E-state index contributed by atoms with van der Waals surface area (Å²) in [6, 6.07) is 10.4. The Kier molecular flexibility index (Phi) is 4.75. The predicted molar refractivity (Wildman–Crippen MR) is 112 cm³/mol. The van der Waals surface area contributed by atoms with Crippen LogP contribution in [0.5, 0.6) is 11.5 Å². The fourth-order valence-corrected chi connectivity index (χ4v) is 4.23. The molecule has 154 valence electrons. The Bertz CT molecular complexity index is 1140. The van der Waals surface area contributed by atoms with Crippen molar-refractivity contribution >= 4 is 34.4 Å². The number of amides is 3. The molecule has 0 aliphatic carbocycles. The summed E-state index contributed by atoms with van der Waals surface area (Å²) in [6.07, 6.45) is 3.08. The van der Waals surface area contributed by atoms with E-state index in [0.29, 0.717) is 41.7 Å². The molecule has 5 rings (SSSR count). The largest absolute Gasteiger partial charge is 0.489 e. The number of hydrogen-bond acceptors (Lipinski definition) is 4. The van der Waals surface area contributed by atoms with Gasteiger partial charge < -0.3 is 19.8 Å². The van der Waals surface area contributed by atoms with Crippen LogP contribution in [-0.4, -0.2) is 41.1 Å². The number of H-pyrrole nitrogens is 1. The van der Waals surface area contributed by atoms with Crippen molar-refractivity contribution in [2.45, 2.75) is 25.4 Å². The van der Waals surface area contributed by atoms with E-state index in [0.717, 1.165) is 22.9 Å². The van der Waals surface area contributed by atoms with E-state index in [2.05, 4.69) is 10.3 Å². The molecule has 0 spiro atoms. The number of para-hydroxylation sites is 1. The van der Waals surface area contributed by atoms with Gasteiger partial charge in [0.1, 0.15) is 6.04 Å². The highest BCUT2D eigenvalue weighted by Gasteiger charge is 2.38. The number of nitrogens with one attached hydrogen (secondary N) is 2. The Morgan fingerprint density at radius 2 is 1.97 bits per heavy atom. The number of aromatic amines is 1. The molecule has 3 amide bonds. The van der Waals surface area contributed by atoms with Gasteiger partial charge in [-0.15, -0.1) is 0 Å². The number of imide groups is 1. The van der Waals surface area contributed by atoms with Crippen LogP contribution in [-0.2, 0) is 17.8 Å². The molecule has 2 aliphatic rings. The van der Waals surface area contributed by atoms with Crippen molar-refractivity contribution in [3.63, 3.8) is 0 Å². The first-order valence-electron chi connectivity index (χ1n) is 9.85. The molecule has 3 heterocycles. The number of carbonyl (C=O) groups excluding carboxylic acids is 2. The van der Waals surface area contributed by atoms with Crippen molar-refractivity contribution in [1.29, 1.82) is 0 Å².